The van der Waals surface area contributed by atoms with Gasteiger partial charge in [0.15, 0.2) is 11.5 Å². The monoisotopic (exact) mass is 351 g/mol. The zero-order valence-corrected chi connectivity index (χ0v) is 13.3. The highest BCUT2D eigenvalue weighted by atomic mass is 35.5. The van der Waals surface area contributed by atoms with Gasteiger partial charge in [0.2, 0.25) is 6.79 Å². The Morgan fingerprint density at radius 3 is 2.83 bits per heavy atom. The molecule has 3 rings (SSSR count). The number of halogens is 2. The molecule has 0 saturated heterocycles. The van der Waals surface area contributed by atoms with Crippen LogP contribution in [-0.2, 0) is 0 Å². The summed E-state index contributed by atoms with van der Waals surface area (Å²) in [6.45, 7) is 0.408. The number of hydrogen-bond acceptors (Lipinski definition) is 4. The van der Waals surface area contributed by atoms with Crippen molar-refractivity contribution in [2.45, 2.75) is 12.5 Å². The molecule has 1 amide bonds. The molecule has 2 aromatic rings. The summed E-state index contributed by atoms with van der Waals surface area (Å²) in [4.78, 5) is 12.0. The van der Waals surface area contributed by atoms with E-state index in [0.29, 0.717) is 23.5 Å². The lowest BCUT2D eigenvalue weighted by Gasteiger charge is -2.12. The fourth-order valence-corrected chi connectivity index (χ4v) is 2.63. The van der Waals surface area contributed by atoms with E-state index in [1.54, 1.807) is 18.2 Å². The normalized spacial score (nSPS) is 13.6. The van der Waals surface area contributed by atoms with E-state index in [9.17, 15) is 14.3 Å². The highest BCUT2D eigenvalue weighted by molar-refractivity contribution is 6.33. The van der Waals surface area contributed by atoms with Gasteiger partial charge in [-0.1, -0.05) is 17.7 Å². The van der Waals surface area contributed by atoms with Gasteiger partial charge in [-0.3, -0.25) is 4.79 Å². The zero-order valence-electron chi connectivity index (χ0n) is 12.6. The first kappa shape index (κ1) is 16.5. The summed E-state index contributed by atoms with van der Waals surface area (Å²) in [7, 11) is 0. The van der Waals surface area contributed by atoms with Crippen molar-refractivity contribution < 1.29 is 23.8 Å². The van der Waals surface area contributed by atoms with E-state index in [1.807, 2.05) is 0 Å². The lowest BCUT2D eigenvalue weighted by Crippen LogP contribution is -2.26. The molecule has 0 saturated carbocycles. The van der Waals surface area contributed by atoms with Crippen LogP contribution in [0.4, 0.5) is 4.39 Å². The van der Waals surface area contributed by atoms with Gasteiger partial charge < -0.3 is 19.9 Å². The second-order valence-electron chi connectivity index (χ2n) is 5.30. The maximum Gasteiger partial charge on any atom is 0.252 e. The number of amides is 1. The minimum absolute atomic E-state index is 0.0452. The molecule has 0 bridgehead atoms. The maximum absolute atomic E-state index is 13.0. The average Bonchev–Trinajstić information content (AvgIpc) is 3.02. The van der Waals surface area contributed by atoms with Gasteiger partial charge in [0.1, 0.15) is 5.82 Å². The first-order chi connectivity index (χ1) is 11.5. The Morgan fingerprint density at radius 2 is 2.04 bits per heavy atom. The Morgan fingerprint density at radius 1 is 1.25 bits per heavy atom. The van der Waals surface area contributed by atoms with Crippen molar-refractivity contribution in [1.29, 1.82) is 0 Å². The van der Waals surface area contributed by atoms with Gasteiger partial charge in [-0.05, 0) is 42.3 Å². The number of aliphatic hydroxyl groups excluding tert-OH is 1. The standard InChI is InChI=1S/C17H15ClFNO4/c18-13-8-11(19)2-3-12(13)17(22)20-6-5-14(21)10-1-4-15-16(7-10)24-9-23-15/h1-4,7-8,14,21H,5-6,9H2,(H,20,22). The molecule has 2 aromatic carbocycles. The molecule has 1 atom stereocenters. The minimum Gasteiger partial charge on any atom is -0.454 e. The highest BCUT2D eigenvalue weighted by Crippen LogP contribution is 2.34. The molecule has 7 heteroatoms. The van der Waals surface area contributed by atoms with Crippen LogP contribution in [0.3, 0.4) is 0 Å². The van der Waals surface area contributed by atoms with Gasteiger partial charge in [0.25, 0.3) is 5.91 Å². The summed E-state index contributed by atoms with van der Waals surface area (Å²) in [6, 6.07) is 8.77. The first-order valence-electron chi connectivity index (χ1n) is 7.35. The van der Waals surface area contributed by atoms with Crippen LogP contribution in [0.15, 0.2) is 36.4 Å². The molecule has 0 aliphatic carbocycles. The van der Waals surface area contributed by atoms with E-state index in [0.717, 1.165) is 6.07 Å². The number of fused-ring (bicyclic) bond motifs is 1. The third kappa shape index (κ3) is 3.60. The largest absolute Gasteiger partial charge is 0.454 e. The predicted octanol–water partition coefficient (Wildman–Crippen LogP) is 3.06. The summed E-state index contributed by atoms with van der Waals surface area (Å²) in [5, 5.41) is 12.9. The van der Waals surface area contributed by atoms with E-state index in [1.165, 1.54) is 12.1 Å². The number of carbonyl (C=O) groups is 1. The van der Waals surface area contributed by atoms with Gasteiger partial charge in [0, 0.05) is 6.54 Å². The Balaban J connectivity index is 1.55. The molecular formula is C17H15ClFNO4. The highest BCUT2D eigenvalue weighted by Gasteiger charge is 2.17. The van der Waals surface area contributed by atoms with Crippen LogP contribution in [-0.4, -0.2) is 24.4 Å². The summed E-state index contributed by atoms with van der Waals surface area (Å²) in [5.41, 5.74) is 0.865. The van der Waals surface area contributed by atoms with Gasteiger partial charge in [-0.25, -0.2) is 4.39 Å². The first-order valence-corrected chi connectivity index (χ1v) is 7.73. The van der Waals surface area contributed by atoms with Crippen molar-refractivity contribution in [2.24, 2.45) is 0 Å². The molecule has 126 valence electrons. The summed E-state index contributed by atoms with van der Waals surface area (Å²) in [5.74, 6) is 0.312. The van der Waals surface area contributed by atoms with E-state index < -0.39 is 17.8 Å². The minimum atomic E-state index is -0.761. The second-order valence-corrected chi connectivity index (χ2v) is 5.70. The average molecular weight is 352 g/mol. The Bertz CT molecular complexity index is 768. The molecule has 1 aliphatic rings. The molecule has 2 N–H and O–H groups in total. The Kier molecular flexibility index (Phi) is 4.87. The SMILES string of the molecule is O=C(NCCC(O)c1ccc2c(c1)OCO2)c1ccc(F)cc1Cl. The summed E-state index contributed by atoms with van der Waals surface area (Å²) in [6.07, 6.45) is -0.451. The second kappa shape index (κ2) is 7.07. The lowest BCUT2D eigenvalue weighted by atomic mass is 10.1. The van der Waals surface area contributed by atoms with Crippen molar-refractivity contribution in [3.63, 3.8) is 0 Å². The fourth-order valence-electron chi connectivity index (χ4n) is 2.38. The van der Waals surface area contributed by atoms with Crippen molar-refractivity contribution in [3.8, 4) is 11.5 Å². The molecule has 0 spiro atoms. The van der Waals surface area contributed by atoms with Gasteiger partial charge in [-0.15, -0.1) is 0 Å². The third-order valence-electron chi connectivity index (χ3n) is 3.66. The number of ether oxygens (including phenoxy) is 2. The fraction of sp³-hybridized carbons (Fsp3) is 0.235. The van der Waals surface area contributed by atoms with Crippen molar-refractivity contribution in [3.05, 3.63) is 58.4 Å². The van der Waals surface area contributed by atoms with E-state index in [4.69, 9.17) is 21.1 Å². The summed E-state index contributed by atoms with van der Waals surface area (Å²) >= 11 is 5.84. The van der Waals surface area contributed by atoms with Crippen LogP contribution < -0.4 is 14.8 Å². The molecule has 1 unspecified atom stereocenters. The Labute approximate surface area is 143 Å². The molecule has 1 heterocycles. The van der Waals surface area contributed by atoms with Crippen LogP contribution in [0, 0.1) is 5.82 Å². The molecule has 0 radical (unpaired) electrons. The van der Waals surface area contributed by atoms with Gasteiger partial charge in [-0.2, -0.15) is 0 Å². The van der Waals surface area contributed by atoms with Crippen LogP contribution in [0.1, 0.15) is 28.4 Å². The van der Waals surface area contributed by atoms with Crippen molar-refractivity contribution >= 4 is 17.5 Å². The molecule has 0 fully saturated rings. The van der Waals surface area contributed by atoms with E-state index in [-0.39, 0.29) is 23.9 Å². The summed E-state index contributed by atoms with van der Waals surface area (Å²) < 4.78 is 23.5. The Hall–Kier alpha value is -2.31. The van der Waals surface area contributed by atoms with E-state index in [2.05, 4.69) is 5.32 Å². The third-order valence-corrected chi connectivity index (χ3v) is 3.97. The van der Waals surface area contributed by atoms with Crippen LogP contribution >= 0.6 is 11.6 Å². The maximum atomic E-state index is 13.0. The van der Waals surface area contributed by atoms with Crippen molar-refractivity contribution in [2.75, 3.05) is 13.3 Å². The van der Waals surface area contributed by atoms with Gasteiger partial charge >= 0.3 is 0 Å². The predicted molar refractivity (Wildman–Crippen MR) is 85.9 cm³/mol. The molecule has 24 heavy (non-hydrogen) atoms. The quantitative estimate of drug-likeness (QED) is 0.868. The van der Waals surface area contributed by atoms with Crippen molar-refractivity contribution in [1.82, 2.24) is 5.32 Å². The zero-order chi connectivity index (χ0) is 17.1. The molecule has 5 nitrogen and oxygen atoms in total. The van der Waals surface area contributed by atoms with E-state index >= 15 is 0 Å². The molecular weight excluding hydrogens is 337 g/mol. The topological polar surface area (TPSA) is 67.8 Å². The number of nitrogens with one attached hydrogen (secondary N) is 1. The lowest BCUT2D eigenvalue weighted by molar-refractivity contribution is 0.0942. The smallest absolute Gasteiger partial charge is 0.252 e. The molecule has 0 aromatic heterocycles. The number of aliphatic hydroxyl groups is 1. The number of rotatable bonds is 5. The van der Waals surface area contributed by atoms with Gasteiger partial charge in [0.05, 0.1) is 16.7 Å². The van der Waals surface area contributed by atoms with Crippen LogP contribution in [0.2, 0.25) is 5.02 Å². The number of hydrogen-bond donors (Lipinski definition) is 2. The van der Waals surface area contributed by atoms with Crippen LogP contribution in [0.5, 0.6) is 11.5 Å². The number of benzene rings is 2. The molecule has 1 aliphatic heterocycles. The number of carbonyl (C=O) groups excluding carboxylic acids is 1. The van der Waals surface area contributed by atoms with Crippen LogP contribution in [0.25, 0.3) is 0 Å².